The summed E-state index contributed by atoms with van der Waals surface area (Å²) >= 11 is 0.126. The molecule has 2 aliphatic carbocycles. The molecule has 0 amide bonds. The summed E-state index contributed by atoms with van der Waals surface area (Å²) in [5.41, 5.74) is 3.59. The van der Waals surface area contributed by atoms with E-state index in [1.54, 1.807) is 0 Å². The van der Waals surface area contributed by atoms with Crippen molar-refractivity contribution in [2.24, 2.45) is 0 Å². The van der Waals surface area contributed by atoms with Crippen LogP contribution in [0.2, 0.25) is 0 Å². The molecule has 2 N–H and O–H groups in total. The number of fused-ring (bicyclic) bond motifs is 4. The van der Waals surface area contributed by atoms with Gasteiger partial charge in [0.05, 0.1) is 13.7 Å². The van der Waals surface area contributed by atoms with Gasteiger partial charge in [0.2, 0.25) is 0 Å². The Kier molecular flexibility index (Phi) is 9.69. The van der Waals surface area contributed by atoms with Crippen LogP contribution in [0.3, 0.4) is 0 Å². The van der Waals surface area contributed by atoms with Gasteiger partial charge < -0.3 is 28.4 Å². The van der Waals surface area contributed by atoms with Crippen molar-refractivity contribution in [3.8, 4) is 45.3 Å². The average Bonchev–Trinajstić information content (AvgIpc) is 3.18. The van der Waals surface area contributed by atoms with E-state index in [9.17, 15) is 28.4 Å². The summed E-state index contributed by atoms with van der Waals surface area (Å²) in [5.74, 6) is -2.70. The van der Waals surface area contributed by atoms with E-state index in [1.165, 1.54) is 0 Å². The largest absolute Gasteiger partial charge is 1.00 e. The minimum Gasteiger partial charge on any atom is -0.716 e. The van der Waals surface area contributed by atoms with Crippen LogP contribution in [0.25, 0.3) is 22.3 Å². The zero-order valence-electron chi connectivity index (χ0n) is 37.3. The summed E-state index contributed by atoms with van der Waals surface area (Å²) in [6.45, 7) is 1.25. The molecule has 0 fully saturated rings. The Labute approximate surface area is 394 Å². The van der Waals surface area contributed by atoms with Crippen LogP contribution >= 0.6 is 12.3 Å². The Morgan fingerprint density at radius 3 is 1.92 bits per heavy atom. The van der Waals surface area contributed by atoms with E-state index in [2.05, 4.69) is 18.5 Å². The molecule has 2 aliphatic heterocycles. The molecule has 252 valence electrons. The number of nitrogens with zero attached hydrogens (tertiary/aromatic N) is 2. The minimum atomic E-state index is -5.32. The van der Waals surface area contributed by atoms with Gasteiger partial charge in [-0.05, 0) is 96.4 Å². The number of likely N-dealkylation sites (N-methyl/N-ethyl adjacent to an activating group) is 2. The van der Waals surface area contributed by atoms with E-state index in [0.29, 0.717) is 65.7 Å². The second-order valence-corrected chi connectivity index (χ2v) is 12.9. The Hall–Kier alpha value is -0.587. The fourth-order valence-electron chi connectivity index (χ4n) is 6.83. The molecule has 16 heteroatoms. The van der Waals surface area contributed by atoms with Crippen LogP contribution in [0.4, 0.5) is 0 Å². The molecule has 0 saturated carbocycles. The molecule has 2 heterocycles. The van der Waals surface area contributed by atoms with Crippen LogP contribution in [0.15, 0.2) is 60.4 Å². The van der Waals surface area contributed by atoms with Crippen molar-refractivity contribution in [2.75, 3.05) is 27.2 Å². The molecule has 4 aliphatic rings. The Bertz CT molecular complexity index is 2560. The third-order valence-corrected chi connectivity index (χ3v) is 9.68. The van der Waals surface area contributed by atoms with E-state index < -0.39 is 45.8 Å². The fourth-order valence-corrected chi connectivity index (χ4v) is 7.43. The van der Waals surface area contributed by atoms with E-state index >= 15 is 0 Å². The standard InChI is InChI=1S/2C17H17NO5S.2K/c1-18-8-7-10-3-2-4-12-15(10)13(18)9-11-5-6-14(17(19)16(11)12)23-24(20,21)22;1-18-8-7-10-3-2-4-12-15(10)13(18)9-11-5-6-14(19)17(16(11)12)21-24-23-22-20;;/h2-6,13,19H,7-9H2,1H3,(H,20,21,22);2-6,13,19-20H,7-9H2,1H3;;/q;;2*+1/p-2/t2*13-;;/m11../s1/i2*2D,3D,4D,5D,6D;;. The van der Waals surface area contributed by atoms with Crippen LogP contribution in [0.5, 0.6) is 23.0 Å². The third kappa shape index (κ3) is 7.94. The molecule has 2 atom stereocenters. The number of hydrogen-bond donors (Lipinski definition) is 2. The summed E-state index contributed by atoms with van der Waals surface area (Å²) in [4.78, 5) is 4.03. The zero-order chi connectivity index (χ0) is 42.4. The summed E-state index contributed by atoms with van der Waals surface area (Å²) in [6.07, 6.45) is 1.49. The van der Waals surface area contributed by atoms with Crippen molar-refractivity contribution >= 4 is 22.7 Å². The molecule has 0 aromatic heterocycles. The quantitative estimate of drug-likeness (QED) is 0.0434. The molecule has 0 saturated heterocycles. The molecular weight excluding hydrogens is 739 g/mol. The normalized spacial score (nSPS) is 21.2. The summed E-state index contributed by atoms with van der Waals surface area (Å²) in [5, 5.41) is 34.5. The van der Waals surface area contributed by atoms with Crippen molar-refractivity contribution in [1.82, 2.24) is 9.80 Å². The predicted octanol–water partition coefficient (Wildman–Crippen LogP) is -1.70. The first-order chi connectivity index (χ1) is 27.2. The second-order valence-electron chi connectivity index (χ2n) is 11.5. The van der Waals surface area contributed by atoms with Gasteiger partial charge in [-0.15, -0.1) is 4.33 Å². The smallest absolute Gasteiger partial charge is 0.716 e. The number of benzene rings is 4. The van der Waals surface area contributed by atoms with E-state index in [1.807, 2.05) is 19.0 Å². The number of aromatic hydroxyl groups is 2. The summed E-state index contributed by atoms with van der Waals surface area (Å²) in [7, 11) is -1.58. The molecule has 4 aromatic carbocycles. The molecule has 8 rings (SSSR count). The van der Waals surface area contributed by atoms with Crippen LogP contribution in [0, 0.1) is 0 Å². The first-order valence-corrected chi connectivity index (χ1v) is 16.5. The number of phenolic OH excluding ortho intramolecular Hbond substituents is 2. The molecule has 12 nitrogen and oxygen atoms in total. The van der Waals surface area contributed by atoms with Gasteiger partial charge in [0, 0.05) is 36.3 Å². The fraction of sp³-hybridized carbons (Fsp3) is 0.294. The predicted molar refractivity (Wildman–Crippen MR) is 173 cm³/mol. The zero-order valence-corrected chi connectivity index (χ0v) is 35.1. The SMILES string of the molecule is [2H]c1c([2H])c2c3c(c1[2H])-c1c(O)c(OS(=O)(=O)[O-])c([2H])c([2H])c1C[C@H]3N(C)CC2.[2H]c1c([2H])c2c3c(c1[2H])-c1c(c([2H])c([2H])c(O)c1OSOO[O-])C[C@H]3N(C)CC2.[K+].[K+]. The molecular formula is C34H32K2N2O10S2. The van der Waals surface area contributed by atoms with Crippen LogP contribution in [0.1, 0.15) is 59.2 Å². The average molecular weight is 781 g/mol. The van der Waals surface area contributed by atoms with Crippen LogP contribution < -0.4 is 116 Å². The third-order valence-electron chi connectivity index (χ3n) is 8.96. The van der Waals surface area contributed by atoms with Crippen molar-refractivity contribution in [2.45, 2.75) is 37.8 Å². The van der Waals surface area contributed by atoms with Gasteiger partial charge in [0.25, 0.3) is 22.7 Å². The summed E-state index contributed by atoms with van der Waals surface area (Å²) in [6, 6.07) is -3.65. The van der Waals surface area contributed by atoms with E-state index in [0.717, 1.165) is 0 Å². The van der Waals surface area contributed by atoms with Gasteiger partial charge in [-0.2, -0.15) is 0 Å². The molecule has 0 bridgehead atoms. The maximum atomic E-state index is 11.1. The monoisotopic (exact) mass is 780 g/mol. The number of hydrogen-bond acceptors (Lipinski definition) is 13. The number of rotatable bonds is 6. The van der Waals surface area contributed by atoms with Crippen molar-refractivity contribution in [3.63, 3.8) is 0 Å². The Morgan fingerprint density at radius 1 is 0.820 bits per heavy atom. The van der Waals surface area contributed by atoms with E-state index in [-0.39, 0.29) is 204 Å². The molecule has 0 unspecified atom stereocenters. The van der Waals surface area contributed by atoms with Gasteiger partial charge >= 0.3 is 103 Å². The van der Waals surface area contributed by atoms with Crippen LogP contribution in [-0.2, 0) is 45.5 Å². The molecule has 50 heavy (non-hydrogen) atoms. The van der Waals surface area contributed by atoms with Crippen LogP contribution in [-0.4, -0.2) is 60.2 Å². The van der Waals surface area contributed by atoms with Gasteiger partial charge in [0.1, 0.15) is 0 Å². The maximum absolute atomic E-state index is 11.1. The molecule has 4 aromatic rings. The minimum absolute atomic E-state index is 0. The van der Waals surface area contributed by atoms with Crippen molar-refractivity contribution in [1.29, 1.82) is 0 Å². The van der Waals surface area contributed by atoms with Crippen molar-refractivity contribution in [3.05, 3.63) is 93.8 Å². The maximum Gasteiger partial charge on any atom is 1.00 e. The van der Waals surface area contributed by atoms with Gasteiger partial charge in [-0.1, -0.05) is 48.3 Å². The Balaban J connectivity index is 0.000000220. The van der Waals surface area contributed by atoms with Gasteiger partial charge in [0.15, 0.2) is 23.0 Å². The molecule has 0 spiro atoms. The summed E-state index contributed by atoms with van der Waals surface area (Å²) < 4.78 is 129. The number of phenols is 2. The van der Waals surface area contributed by atoms with Crippen molar-refractivity contribution < 1.29 is 163 Å². The topological polar surface area (TPSA) is 164 Å². The Morgan fingerprint density at radius 2 is 1.36 bits per heavy atom. The molecule has 0 radical (unpaired) electrons. The first-order valence-electron chi connectivity index (χ1n) is 19.5. The second kappa shape index (κ2) is 16.8. The van der Waals surface area contributed by atoms with E-state index in [4.69, 9.17) is 17.9 Å². The van der Waals surface area contributed by atoms with Gasteiger partial charge in [-0.3, -0.25) is 14.8 Å². The van der Waals surface area contributed by atoms with Gasteiger partial charge in [-0.25, -0.2) is 8.42 Å². The first kappa shape index (κ1) is 28.8.